The van der Waals surface area contributed by atoms with E-state index in [1.165, 1.54) is 42.0 Å². The van der Waals surface area contributed by atoms with Crippen LogP contribution in [0.1, 0.15) is 36.7 Å². The Morgan fingerprint density at radius 2 is 1.98 bits per heavy atom. The zero-order valence-corrected chi connectivity index (χ0v) is 25.1. The van der Waals surface area contributed by atoms with Gasteiger partial charge in [0.2, 0.25) is 0 Å². The molecule has 5 rings (SSSR count). The lowest BCUT2D eigenvalue weighted by molar-refractivity contribution is -0.384. The molecule has 4 aromatic rings. The maximum atomic E-state index is 14.1. The first kappa shape index (κ1) is 29.7. The number of rotatable bonds is 8. The zero-order chi connectivity index (χ0) is 30.8. The molecule has 1 aliphatic heterocycles. The van der Waals surface area contributed by atoms with Crippen LogP contribution in [0.2, 0.25) is 0 Å². The molecule has 0 spiro atoms. The Kier molecular flexibility index (Phi) is 8.41. The van der Waals surface area contributed by atoms with Gasteiger partial charge in [0.15, 0.2) is 9.96 Å². The van der Waals surface area contributed by atoms with Crippen LogP contribution in [0.15, 0.2) is 84.4 Å². The minimum absolute atomic E-state index is 0.132. The molecule has 43 heavy (non-hydrogen) atoms. The highest BCUT2D eigenvalue weighted by Gasteiger charge is 2.35. The number of hydrogen-bond donors (Lipinski definition) is 1. The monoisotopic (exact) mass is 619 g/mol. The van der Waals surface area contributed by atoms with Crippen molar-refractivity contribution >= 4 is 40.8 Å². The molecule has 14 heteroatoms. The number of esters is 1. The van der Waals surface area contributed by atoms with Gasteiger partial charge in [0.05, 0.1) is 34.4 Å². The number of aromatic nitrogens is 3. The number of carbonyl (C=O) groups excluding carboxylic acids is 1. The van der Waals surface area contributed by atoms with Crippen LogP contribution in [0.4, 0.5) is 5.69 Å². The average Bonchev–Trinajstić information content (AvgIpc) is 3.26. The summed E-state index contributed by atoms with van der Waals surface area (Å²) in [5, 5.41) is 11.9. The molecule has 0 saturated heterocycles. The molecule has 0 aliphatic carbocycles. The quantitative estimate of drug-likeness (QED) is 0.135. The first-order valence-electron chi connectivity index (χ1n) is 13.0. The van der Waals surface area contributed by atoms with Crippen molar-refractivity contribution in [2.75, 3.05) is 13.7 Å². The molecule has 12 nitrogen and oxygen atoms in total. The topological polar surface area (TPSA) is 159 Å². The van der Waals surface area contributed by atoms with E-state index < -0.39 is 22.5 Å². The number of hydrogen-bond acceptors (Lipinski definition) is 11. The van der Waals surface area contributed by atoms with Gasteiger partial charge in [0, 0.05) is 34.4 Å². The molecule has 2 aromatic carbocycles. The number of allylic oxidation sites excluding steroid dienone is 1. The second kappa shape index (κ2) is 12.2. The van der Waals surface area contributed by atoms with E-state index >= 15 is 0 Å². The van der Waals surface area contributed by atoms with Gasteiger partial charge in [-0.15, -0.1) is 0 Å². The zero-order valence-electron chi connectivity index (χ0n) is 23.4. The molecule has 0 fully saturated rings. The lowest BCUT2D eigenvalue weighted by atomic mass is 9.95. The Morgan fingerprint density at radius 1 is 1.21 bits per heavy atom. The van der Waals surface area contributed by atoms with Crippen LogP contribution in [0, 0.1) is 17.0 Å². The lowest BCUT2D eigenvalue weighted by Crippen LogP contribution is -2.40. The lowest BCUT2D eigenvalue weighted by Gasteiger charge is -2.25. The third-order valence-corrected chi connectivity index (χ3v) is 8.46. The van der Waals surface area contributed by atoms with Crippen molar-refractivity contribution in [3.63, 3.8) is 0 Å². The second-order valence-corrected chi connectivity index (χ2v) is 11.4. The SMILES string of the molecule is CCOC(=O)C1=C(C)N=c2s/c(=C/c3cc([N+](=O)[O-])ccc3Sc3nc(C)cc(=O)[nH]3)c(=O)n2[C@H]1c1ccccc1OC. The molecule has 0 bridgehead atoms. The minimum atomic E-state index is -0.894. The Morgan fingerprint density at radius 3 is 2.67 bits per heavy atom. The summed E-state index contributed by atoms with van der Waals surface area (Å²) in [6.45, 7) is 5.18. The smallest absolute Gasteiger partial charge is 0.338 e. The van der Waals surface area contributed by atoms with Crippen LogP contribution in [-0.2, 0) is 9.53 Å². The third-order valence-electron chi connectivity index (χ3n) is 6.50. The predicted molar refractivity (Wildman–Crippen MR) is 160 cm³/mol. The summed E-state index contributed by atoms with van der Waals surface area (Å²) in [6, 6.07) is 11.7. The van der Waals surface area contributed by atoms with Gasteiger partial charge in [-0.25, -0.2) is 14.8 Å². The molecule has 1 aliphatic rings. The Balaban J connectivity index is 1.73. The van der Waals surface area contributed by atoms with E-state index in [-0.39, 0.29) is 28.0 Å². The van der Waals surface area contributed by atoms with Crippen LogP contribution in [-0.4, -0.2) is 39.1 Å². The standard InChI is InChI=1S/C29H25N5O7S2/c1-5-41-27(37)24-16(3)31-29-33(25(24)19-8-6-7-9-20(19)40-4)26(36)22(43-29)14-17-13-18(34(38)39)10-11-21(17)42-28-30-15(2)12-23(35)32-28/h6-14,25H,5H2,1-4H3,(H,30,32,35)/b22-14+/t25-/m0/s1. The summed E-state index contributed by atoms with van der Waals surface area (Å²) in [7, 11) is 1.50. The predicted octanol–water partition coefficient (Wildman–Crippen LogP) is 3.26. The third kappa shape index (κ3) is 5.92. The fraction of sp³-hybridized carbons (Fsp3) is 0.207. The van der Waals surface area contributed by atoms with Gasteiger partial charge in [-0.1, -0.05) is 41.3 Å². The van der Waals surface area contributed by atoms with E-state index in [0.29, 0.717) is 43.1 Å². The average molecular weight is 620 g/mol. The molecule has 0 unspecified atom stereocenters. The van der Waals surface area contributed by atoms with Gasteiger partial charge in [-0.3, -0.25) is 24.3 Å². The number of H-pyrrole nitrogens is 1. The van der Waals surface area contributed by atoms with E-state index in [9.17, 15) is 24.5 Å². The maximum Gasteiger partial charge on any atom is 0.338 e. The highest BCUT2D eigenvalue weighted by molar-refractivity contribution is 7.99. The molecular formula is C29H25N5O7S2. The molecule has 220 valence electrons. The largest absolute Gasteiger partial charge is 0.496 e. The summed E-state index contributed by atoms with van der Waals surface area (Å²) in [4.78, 5) is 62.8. The van der Waals surface area contributed by atoms with E-state index in [1.807, 2.05) is 0 Å². The van der Waals surface area contributed by atoms with E-state index in [2.05, 4.69) is 15.0 Å². The van der Waals surface area contributed by atoms with Crippen LogP contribution in [0.25, 0.3) is 6.08 Å². The van der Waals surface area contributed by atoms with Crippen molar-refractivity contribution in [1.82, 2.24) is 14.5 Å². The molecular weight excluding hydrogens is 594 g/mol. The van der Waals surface area contributed by atoms with Crippen LogP contribution in [0.3, 0.4) is 0 Å². The normalized spacial score (nSPS) is 14.7. The van der Waals surface area contributed by atoms with Gasteiger partial charge >= 0.3 is 5.97 Å². The summed E-state index contributed by atoms with van der Waals surface area (Å²) in [5.74, 6) is -0.137. The number of benzene rings is 2. The summed E-state index contributed by atoms with van der Waals surface area (Å²) < 4.78 is 12.6. The Bertz CT molecular complexity index is 2040. The first-order chi connectivity index (χ1) is 20.6. The van der Waals surface area contributed by atoms with E-state index in [1.54, 1.807) is 45.0 Å². The van der Waals surface area contributed by atoms with Crippen LogP contribution in [0.5, 0.6) is 5.75 Å². The number of nitrogens with zero attached hydrogens (tertiary/aromatic N) is 4. The number of aryl methyl sites for hydroxylation is 1. The van der Waals surface area contributed by atoms with Gasteiger partial charge in [-0.05, 0) is 44.5 Å². The van der Waals surface area contributed by atoms with Crippen molar-refractivity contribution in [1.29, 1.82) is 0 Å². The van der Waals surface area contributed by atoms with Gasteiger partial charge in [-0.2, -0.15) is 0 Å². The number of thiazole rings is 1. The molecule has 1 atom stereocenters. The van der Waals surface area contributed by atoms with Gasteiger partial charge in [0.25, 0.3) is 16.8 Å². The number of fused-ring (bicyclic) bond motifs is 1. The molecule has 1 N–H and O–H groups in total. The number of carbonyl (C=O) groups is 1. The highest BCUT2D eigenvalue weighted by Crippen LogP contribution is 2.36. The number of ether oxygens (including phenoxy) is 2. The molecule has 3 heterocycles. The summed E-state index contributed by atoms with van der Waals surface area (Å²) in [6.07, 6.45) is 1.54. The number of para-hydroxylation sites is 1. The van der Waals surface area contributed by atoms with Crippen molar-refractivity contribution < 1.29 is 19.2 Å². The number of nitro benzene ring substituents is 1. The van der Waals surface area contributed by atoms with Crippen LogP contribution < -0.4 is 25.2 Å². The maximum absolute atomic E-state index is 14.1. The number of non-ortho nitro benzene ring substituents is 1. The van der Waals surface area contributed by atoms with Crippen LogP contribution >= 0.6 is 23.1 Å². The van der Waals surface area contributed by atoms with Gasteiger partial charge in [0.1, 0.15) is 11.8 Å². The van der Waals surface area contributed by atoms with E-state index in [0.717, 1.165) is 23.1 Å². The number of aromatic amines is 1. The van der Waals surface area contributed by atoms with Gasteiger partial charge < -0.3 is 14.5 Å². The molecule has 2 aromatic heterocycles. The van der Waals surface area contributed by atoms with Crippen molar-refractivity contribution in [3.8, 4) is 5.75 Å². The van der Waals surface area contributed by atoms with Crippen molar-refractivity contribution in [3.05, 3.63) is 117 Å². The first-order valence-corrected chi connectivity index (χ1v) is 14.6. The second-order valence-electron chi connectivity index (χ2n) is 9.32. The number of nitro groups is 1. The summed E-state index contributed by atoms with van der Waals surface area (Å²) in [5.41, 5.74) is 1.05. The number of methoxy groups -OCH3 is 1. The fourth-order valence-corrected chi connectivity index (χ4v) is 6.64. The molecule has 0 saturated carbocycles. The Hall–Kier alpha value is -4.82. The minimum Gasteiger partial charge on any atom is -0.496 e. The fourth-order valence-electron chi connectivity index (χ4n) is 4.68. The molecule has 0 radical (unpaired) electrons. The Labute approximate surface area is 252 Å². The summed E-state index contributed by atoms with van der Waals surface area (Å²) >= 11 is 2.18. The molecule has 0 amide bonds. The van der Waals surface area contributed by atoms with Crippen molar-refractivity contribution in [2.24, 2.45) is 4.99 Å². The van der Waals surface area contributed by atoms with Crippen molar-refractivity contribution in [2.45, 2.75) is 36.9 Å². The number of nitrogens with one attached hydrogen (secondary N) is 1. The highest BCUT2D eigenvalue weighted by atomic mass is 32.2. The van der Waals surface area contributed by atoms with E-state index in [4.69, 9.17) is 9.47 Å².